The van der Waals surface area contributed by atoms with Gasteiger partial charge < -0.3 is 21.3 Å². The molecule has 0 aliphatic carbocycles. The Morgan fingerprint density at radius 1 is 1.22 bits per heavy atom. The maximum Gasteiger partial charge on any atom is 0.307 e. The first-order valence-electron chi connectivity index (χ1n) is 9.10. The number of benzene rings is 1. The molecule has 6 N–H and O–H groups in total. The average molecular weight is 464 g/mol. The van der Waals surface area contributed by atoms with Gasteiger partial charge in [0.2, 0.25) is 0 Å². The third-order valence-corrected chi connectivity index (χ3v) is 5.52. The number of nitrogens with two attached hydrogens (primary N) is 1. The van der Waals surface area contributed by atoms with E-state index in [1.165, 1.54) is 19.9 Å². The van der Waals surface area contributed by atoms with Gasteiger partial charge in [-0.1, -0.05) is 0 Å². The van der Waals surface area contributed by atoms with E-state index in [1.807, 2.05) is 0 Å². The fraction of sp³-hybridized carbons (Fsp3) is 0.200. The molecule has 2 heterocycles. The number of nitrogens with one attached hydrogen (secondary N) is 2. The van der Waals surface area contributed by atoms with Crippen molar-refractivity contribution >= 4 is 34.0 Å². The van der Waals surface area contributed by atoms with E-state index in [2.05, 4.69) is 15.5 Å². The highest BCUT2D eigenvalue weighted by molar-refractivity contribution is 7.20. The second-order valence-electron chi connectivity index (χ2n) is 7.39. The number of aliphatic hydroxyl groups is 1. The van der Waals surface area contributed by atoms with E-state index < -0.39 is 46.7 Å². The molecule has 1 amide bonds. The Balaban J connectivity index is 2.10. The van der Waals surface area contributed by atoms with Crippen molar-refractivity contribution in [2.75, 3.05) is 5.32 Å². The number of halogens is 2. The number of carbonyl (C=O) groups excluding carboxylic acids is 1. The minimum atomic E-state index is -1.48. The number of H-pyrrole nitrogens is 1. The van der Waals surface area contributed by atoms with Crippen LogP contribution in [0.5, 0.6) is 0 Å². The maximum absolute atomic E-state index is 14.7. The number of carboxylic acid groups (broad SMARTS) is 1. The number of hydrogen-bond donors (Lipinski definition) is 5. The minimum Gasteiger partial charge on any atom is -0.481 e. The lowest BCUT2D eigenvalue weighted by Crippen LogP contribution is -2.16. The van der Waals surface area contributed by atoms with Gasteiger partial charge in [0.1, 0.15) is 16.6 Å². The van der Waals surface area contributed by atoms with Gasteiger partial charge in [-0.05, 0) is 37.6 Å². The Hall–Kier alpha value is -3.64. The number of anilines is 2. The Labute approximate surface area is 183 Å². The van der Waals surface area contributed by atoms with Crippen LogP contribution in [0.15, 0.2) is 29.1 Å². The van der Waals surface area contributed by atoms with Crippen LogP contribution in [0.25, 0.3) is 10.4 Å². The van der Waals surface area contributed by atoms with Crippen molar-refractivity contribution < 1.29 is 28.6 Å². The standard InChI is InChI=1S/C20H18F2N4O5S/c1-20(2,31)9-5-11(21)16(12(22)6-9)13-7-10(17(23)30)19(32-13)24-18-8(4-15(28)29)3-14(27)25-26-18/h3,5-7,31H,4H2,1-2H3,(H2,23,30)(H,24,26)(H,25,27)(H,28,29). The van der Waals surface area contributed by atoms with E-state index in [1.54, 1.807) is 0 Å². The van der Waals surface area contributed by atoms with E-state index in [4.69, 9.17) is 10.8 Å². The monoisotopic (exact) mass is 464 g/mol. The number of aromatic nitrogens is 2. The molecule has 0 saturated heterocycles. The second kappa shape index (κ2) is 8.48. The number of amides is 1. The van der Waals surface area contributed by atoms with Crippen LogP contribution < -0.4 is 16.6 Å². The van der Waals surface area contributed by atoms with Gasteiger partial charge in [0.05, 0.1) is 23.1 Å². The Morgan fingerprint density at radius 2 is 1.84 bits per heavy atom. The first kappa shape index (κ1) is 23.0. The van der Waals surface area contributed by atoms with Gasteiger partial charge in [-0.25, -0.2) is 13.9 Å². The highest BCUT2D eigenvalue weighted by Crippen LogP contribution is 2.40. The van der Waals surface area contributed by atoms with Crippen molar-refractivity contribution in [2.24, 2.45) is 5.73 Å². The summed E-state index contributed by atoms with van der Waals surface area (Å²) in [6, 6.07) is 4.19. The average Bonchev–Trinajstić information content (AvgIpc) is 3.06. The predicted molar refractivity (Wildman–Crippen MR) is 113 cm³/mol. The predicted octanol–water partition coefficient (Wildman–Crippen LogP) is 2.47. The SMILES string of the molecule is CC(C)(O)c1cc(F)c(-c2cc(C(N)=O)c(Nc3n[nH]c(=O)cc3CC(=O)O)s2)c(F)c1. The molecule has 168 valence electrons. The summed E-state index contributed by atoms with van der Waals surface area (Å²) in [6.07, 6.45) is -0.537. The fourth-order valence-corrected chi connectivity index (χ4v) is 4.02. The lowest BCUT2D eigenvalue weighted by molar-refractivity contribution is -0.136. The summed E-state index contributed by atoms with van der Waals surface area (Å²) in [4.78, 5) is 34.5. The zero-order valence-corrected chi connectivity index (χ0v) is 17.6. The van der Waals surface area contributed by atoms with Crippen molar-refractivity contribution in [3.8, 4) is 10.4 Å². The van der Waals surface area contributed by atoms with Crippen LogP contribution in [0, 0.1) is 11.6 Å². The molecule has 12 heteroatoms. The van der Waals surface area contributed by atoms with Gasteiger partial charge in [0.15, 0.2) is 5.82 Å². The van der Waals surface area contributed by atoms with Gasteiger partial charge in [-0.15, -0.1) is 11.3 Å². The Bertz CT molecular complexity index is 1260. The van der Waals surface area contributed by atoms with E-state index in [-0.39, 0.29) is 32.4 Å². The summed E-state index contributed by atoms with van der Waals surface area (Å²) >= 11 is 0.775. The molecule has 2 aromatic heterocycles. The number of carbonyl (C=O) groups is 2. The molecule has 32 heavy (non-hydrogen) atoms. The maximum atomic E-state index is 14.7. The van der Waals surface area contributed by atoms with Gasteiger partial charge >= 0.3 is 5.97 Å². The molecule has 0 atom stereocenters. The molecule has 0 bridgehead atoms. The summed E-state index contributed by atoms with van der Waals surface area (Å²) in [5.41, 5.74) is 2.78. The third kappa shape index (κ3) is 4.81. The topological polar surface area (TPSA) is 158 Å². The molecule has 9 nitrogen and oxygen atoms in total. The van der Waals surface area contributed by atoms with Crippen LogP contribution in [-0.4, -0.2) is 32.3 Å². The highest BCUT2D eigenvalue weighted by Gasteiger charge is 2.25. The van der Waals surface area contributed by atoms with Crippen LogP contribution in [-0.2, 0) is 16.8 Å². The molecular weight excluding hydrogens is 446 g/mol. The number of aliphatic carboxylic acids is 1. The van der Waals surface area contributed by atoms with E-state index in [0.717, 1.165) is 29.5 Å². The van der Waals surface area contributed by atoms with Crippen LogP contribution >= 0.6 is 11.3 Å². The quantitative estimate of drug-likeness (QED) is 0.359. The van der Waals surface area contributed by atoms with E-state index in [0.29, 0.717) is 0 Å². The molecule has 0 saturated carbocycles. The molecule has 0 fully saturated rings. The normalized spacial score (nSPS) is 11.4. The molecule has 3 aromatic rings. The van der Waals surface area contributed by atoms with Crippen LogP contribution in [0.4, 0.5) is 19.6 Å². The summed E-state index contributed by atoms with van der Waals surface area (Å²) in [5.74, 6) is -4.12. The zero-order chi connectivity index (χ0) is 23.8. The number of hydrogen-bond acceptors (Lipinski definition) is 7. The zero-order valence-electron chi connectivity index (χ0n) is 16.8. The number of thiophene rings is 1. The number of nitrogens with zero attached hydrogens (tertiary/aromatic N) is 1. The number of primary amides is 1. The fourth-order valence-electron chi connectivity index (χ4n) is 2.91. The molecule has 0 radical (unpaired) electrons. The van der Waals surface area contributed by atoms with Crippen molar-refractivity contribution in [1.29, 1.82) is 0 Å². The Morgan fingerprint density at radius 3 is 2.38 bits per heavy atom. The summed E-state index contributed by atoms with van der Waals surface area (Å²) in [5, 5.41) is 27.7. The second-order valence-corrected chi connectivity index (χ2v) is 8.45. The van der Waals surface area contributed by atoms with Crippen LogP contribution in [0.3, 0.4) is 0 Å². The highest BCUT2D eigenvalue weighted by atomic mass is 32.1. The van der Waals surface area contributed by atoms with Crippen molar-refractivity contribution in [3.63, 3.8) is 0 Å². The molecule has 0 aliphatic rings. The van der Waals surface area contributed by atoms with Crippen molar-refractivity contribution in [3.05, 3.63) is 62.9 Å². The molecule has 3 rings (SSSR count). The molecular formula is C20H18F2N4O5S. The van der Waals surface area contributed by atoms with Gasteiger partial charge in [-0.2, -0.15) is 5.10 Å². The van der Waals surface area contributed by atoms with Crippen molar-refractivity contribution in [2.45, 2.75) is 25.9 Å². The van der Waals surface area contributed by atoms with E-state index in [9.17, 15) is 28.3 Å². The summed E-state index contributed by atoms with van der Waals surface area (Å²) < 4.78 is 29.5. The number of carboxylic acids is 1. The lowest BCUT2D eigenvalue weighted by Gasteiger charge is -2.18. The van der Waals surface area contributed by atoms with Gasteiger partial charge in [0.25, 0.3) is 11.5 Å². The minimum absolute atomic E-state index is 0.0165. The molecule has 0 spiro atoms. The van der Waals surface area contributed by atoms with Crippen LogP contribution in [0.2, 0.25) is 0 Å². The summed E-state index contributed by atoms with van der Waals surface area (Å²) in [7, 11) is 0. The smallest absolute Gasteiger partial charge is 0.307 e. The molecule has 1 aromatic carbocycles. The van der Waals surface area contributed by atoms with E-state index >= 15 is 0 Å². The lowest BCUT2D eigenvalue weighted by atomic mass is 9.96. The first-order valence-corrected chi connectivity index (χ1v) is 9.91. The summed E-state index contributed by atoms with van der Waals surface area (Å²) in [6.45, 7) is 2.76. The van der Waals surface area contributed by atoms with Gasteiger partial charge in [-0.3, -0.25) is 14.4 Å². The van der Waals surface area contributed by atoms with Crippen molar-refractivity contribution in [1.82, 2.24) is 10.2 Å². The number of aromatic amines is 1. The molecule has 0 aliphatic heterocycles. The third-order valence-electron chi connectivity index (χ3n) is 4.45. The largest absolute Gasteiger partial charge is 0.481 e. The first-order chi connectivity index (χ1) is 14.9. The number of rotatable bonds is 7. The molecule has 0 unspecified atom stereocenters. The Kier molecular flexibility index (Phi) is 6.10. The van der Waals surface area contributed by atoms with Gasteiger partial charge in [0, 0.05) is 16.5 Å². The van der Waals surface area contributed by atoms with Crippen LogP contribution in [0.1, 0.15) is 35.3 Å².